The van der Waals surface area contributed by atoms with Crippen LogP contribution in [0.5, 0.6) is 5.75 Å². The van der Waals surface area contributed by atoms with E-state index in [1.165, 1.54) is 17.5 Å². The summed E-state index contributed by atoms with van der Waals surface area (Å²) in [7, 11) is 0. The predicted octanol–water partition coefficient (Wildman–Crippen LogP) is 3.05. The van der Waals surface area contributed by atoms with Crippen molar-refractivity contribution in [3.8, 4) is 5.75 Å². The number of hydrogen-bond acceptors (Lipinski definition) is 2. The summed E-state index contributed by atoms with van der Waals surface area (Å²) in [5.74, 6) is -0.620. The van der Waals surface area contributed by atoms with E-state index in [0.717, 1.165) is 29.3 Å². The van der Waals surface area contributed by atoms with E-state index in [1.807, 2.05) is 6.07 Å². The molecule has 17 heavy (non-hydrogen) atoms. The molecule has 1 aliphatic rings. The molecule has 1 aliphatic carbocycles. The highest BCUT2D eigenvalue weighted by molar-refractivity contribution is 9.10. The van der Waals surface area contributed by atoms with E-state index in [-0.39, 0.29) is 12.2 Å². The second-order valence-corrected chi connectivity index (χ2v) is 5.23. The highest BCUT2D eigenvalue weighted by Crippen LogP contribution is 2.38. The summed E-state index contributed by atoms with van der Waals surface area (Å²) in [5, 5.41) is 18.7. The average Bonchev–Trinajstić information content (AvgIpc) is 2.32. The van der Waals surface area contributed by atoms with E-state index in [2.05, 4.69) is 15.9 Å². The van der Waals surface area contributed by atoms with Gasteiger partial charge in [0.1, 0.15) is 5.75 Å². The molecule has 0 unspecified atom stereocenters. The molecule has 0 saturated carbocycles. The first kappa shape index (κ1) is 12.4. The molecule has 3 nitrogen and oxygen atoms in total. The fraction of sp³-hybridized carbons (Fsp3) is 0.462. The van der Waals surface area contributed by atoms with E-state index in [4.69, 9.17) is 5.11 Å². The number of rotatable bonds is 3. The Labute approximate surface area is 109 Å². The van der Waals surface area contributed by atoms with Crippen LogP contribution in [0.25, 0.3) is 0 Å². The molecule has 2 N–H and O–H groups in total. The lowest BCUT2D eigenvalue weighted by Gasteiger charge is -2.20. The van der Waals surface area contributed by atoms with Gasteiger partial charge in [0.25, 0.3) is 0 Å². The Morgan fingerprint density at radius 2 is 2.06 bits per heavy atom. The third-order valence-corrected chi connectivity index (χ3v) is 4.10. The number of phenolic OH excluding ortho intramolecular Hbond substituents is 1. The maximum Gasteiger partial charge on any atom is 0.303 e. The summed E-state index contributed by atoms with van der Waals surface area (Å²) in [4.78, 5) is 10.6. The molecule has 0 heterocycles. The van der Waals surface area contributed by atoms with Crippen molar-refractivity contribution in [2.75, 3.05) is 0 Å². The molecule has 1 aromatic rings. The minimum Gasteiger partial charge on any atom is -0.506 e. The molecular formula is C13H15BrO3. The van der Waals surface area contributed by atoms with Crippen LogP contribution in [-0.4, -0.2) is 16.2 Å². The minimum absolute atomic E-state index is 0.0544. The van der Waals surface area contributed by atoms with Gasteiger partial charge in [-0.2, -0.15) is 0 Å². The number of carbonyl (C=O) groups is 1. The van der Waals surface area contributed by atoms with Gasteiger partial charge in [-0.15, -0.1) is 0 Å². The topological polar surface area (TPSA) is 57.5 Å². The molecule has 0 aromatic heterocycles. The van der Waals surface area contributed by atoms with Crippen LogP contribution in [0.1, 0.15) is 36.0 Å². The third kappa shape index (κ3) is 2.63. The van der Waals surface area contributed by atoms with Crippen LogP contribution in [0.3, 0.4) is 0 Å². The summed E-state index contributed by atoms with van der Waals surface area (Å²) in [6, 6.07) is 1.97. The Kier molecular flexibility index (Phi) is 3.72. The third-order valence-electron chi connectivity index (χ3n) is 3.24. The number of aromatic hydroxyl groups is 1. The fourth-order valence-electron chi connectivity index (χ4n) is 2.33. The number of benzene rings is 1. The molecule has 0 spiro atoms. The van der Waals surface area contributed by atoms with Gasteiger partial charge < -0.3 is 10.2 Å². The minimum atomic E-state index is -0.835. The molecule has 0 amide bonds. The lowest BCUT2D eigenvalue weighted by molar-refractivity contribution is -0.136. The molecular weight excluding hydrogens is 284 g/mol. The SMILES string of the molecule is O=C(O)CCc1cc2c(c(Br)c1O)CCCC2. The quantitative estimate of drug-likeness (QED) is 0.902. The van der Waals surface area contributed by atoms with Gasteiger partial charge in [-0.1, -0.05) is 6.07 Å². The van der Waals surface area contributed by atoms with Crippen LogP contribution < -0.4 is 0 Å². The molecule has 0 aliphatic heterocycles. The molecule has 0 saturated heterocycles. The average molecular weight is 299 g/mol. The van der Waals surface area contributed by atoms with Crippen molar-refractivity contribution in [2.45, 2.75) is 38.5 Å². The first-order valence-electron chi connectivity index (χ1n) is 5.83. The first-order chi connectivity index (χ1) is 8.09. The predicted molar refractivity (Wildman–Crippen MR) is 68.4 cm³/mol. The lowest BCUT2D eigenvalue weighted by atomic mass is 9.89. The van der Waals surface area contributed by atoms with Gasteiger partial charge >= 0.3 is 5.97 Å². The standard InChI is InChI=1S/C13H15BrO3/c14-12-10-4-2-1-3-8(10)7-9(13(12)17)5-6-11(15)16/h7,17H,1-6H2,(H,15,16). The number of phenols is 1. The van der Waals surface area contributed by atoms with Gasteiger partial charge in [0.05, 0.1) is 4.47 Å². The number of fused-ring (bicyclic) bond motifs is 1. The summed E-state index contributed by atoms with van der Waals surface area (Å²) in [6.07, 6.45) is 4.77. The molecule has 2 rings (SSSR count). The van der Waals surface area contributed by atoms with Crippen LogP contribution in [0.2, 0.25) is 0 Å². The highest BCUT2D eigenvalue weighted by atomic mass is 79.9. The summed E-state index contributed by atoms with van der Waals surface area (Å²) < 4.78 is 0.759. The number of carboxylic acid groups (broad SMARTS) is 1. The number of carboxylic acids is 1. The molecule has 0 radical (unpaired) electrons. The van der Waals surface area contributed by atoms with Gasteiger partial charge in [-0.25, -0.2) is 0 Å². The van der Waals surface area contributed by atoms with E-state index < -0.39 is 5.97 Å². The van der Waals surface area contributed by atoms with Gasteiger partial charge in [-0.3, -0.25) is 4.79 Å². The number of halogens is 1. The van der Waals surface area contributed by atoms with Crippen LogP contribution in [0.15, 0.2) is 10.5 Å². The summed E-state index contributed by atoms with van der Waals surface area (Å²) in [6.45, 7) is 0. The van der Waals surface area contributed by atoms with Crippen molar-refractivity contribution in [3.05, 3.63) is 27.2 Å². The smallest absolute Gasteiger partial charge is 0.303 e. The van der Waals surface area contributed by atoms with Gasteiger partial charge in [-0.05, 0) is 64.7 Å². The first-order valence-corrected chi connectivity index (χ1v) is 6.62. The maximum atomic E-state index is 10.6. The Balaban J connectivity index is 2.33. The largest absolute Gasteiger partial charge is 0.506 e. The van der Waals surface area contributed by atoms with Gasteiger partial charge in [0, 0.05) is 6.42 Å². The van der Waals surface area contributed by atoms with E-state index >= 15 is 0 Å². The van der Waals surface area contributed by atoms with Crippen LogP contribution >= 0.6 is 15.9 Å². The van der Waals surface area contributed by atoms with Crippen molar-refractivity contribution < 1.29 is 15.0 Å². The molecule has 92 valence electrons. The Morgan fingerprint density at radius 1 is 1.35 bits per heavy atom. The number of aliphatic carboxylic acids is 1. The lowest BCUT2D eigenvalue weighted by Crippen LogP contribution is -2.06. The molecule has 0 fully saturated rings. The fourth-order valence-corrected chi connectivity index (χ4v) is 3.04. The second-order valence-electron chi connectivity index (χ2n) is 4.44. The highest BCUT2D eigenvalue weighted by Gasteiger charge is 2.18. The number of aryl methyl sites for hydroxylation is 2. The van der Waals surface area contributed by atoms with Crippen LogP contribution in [0, 0.1) is 0 Å². The summed E-state index contributed by atoms with van der Waals surface area (Å²) >= 11 is 3.43. The summed E-state index contributed by atoms with van der Waals surface area (Å²) in [5.41, 5.74) is 3.18. The Bertz CT molecular complexity index is 454. The van der Waals surface area contributed by atoms with Crippen molar-refractivity contribution in [1.82, 2.24) is 0 Å². The Morgan fingerprint density at radius 3 is 2.76 bits per heavy atom. The van der Waals surface area contributed by atoms with Gasteiger partial charge in [0.15, 0.2) is 0 Å². The normalized spacial score (nSPS) is 14.4. The van der Waals surface area contributed by atoms with Crippen LogP contribution in [0.4, 0.5) is 0 Å². The van der Waals surface area contributed by atoms with Crippen molar-refractivity contribution in [2.24, 2.45) is 0 Å². The van der Waals surface area contributed by atoms with Crippen molar-refractivity contribution >= 4 is 21.9 Å². The van der Waals surface area contributed by atoms with E-state index in [1.54, 1.807) is 0 Å². The van der Waals surface area contributed by atoms with E-state index in [9.17, 15) is 9.90 Å². The molecule has 0 atom stereocenters. The van der Waals surface area contributed by atoms with Crippen molar-refractivity contribution in [1.29, 1.82) is 0 Å². The second kappa shape index (κ2) is 5.08. The zero-order valence-corrected chi connectivity index (χ0v) is 11.1. The van der Waals surface area contributed by atoms with E-state index in [0.29, 0.717) is 6.42 Å². The molecule has 0 bridgehead atoms. The Hall–Kier alpha value is -1.03. The van der Waals surface area contributed by atoms with Crippen molar-refractivity contribution in [3.63, 3.8) is 0 Å². The zero-order valence-electron chi connectivity index (χ0n) is 9.50. The number of hydrogen-bond donors (Lipinski definition) is 2. The van der Waals surface area contributed by atoms with Crippen LogP contribution in [-0.2, 0) is 24.1 Å². The monoisotopic (exact) mass is 298 g/mol. The zero-order chi connectivity index (χ0) is 12.4. The van der Waals surface area contributed by atoms with Gasteiger partial charge in [0.2, 0.25) is 0 Å². The molecule has 4 heteroatoms. The maximum absolute atomic E-state index is 10.6. The molecule has 1 aromatic carbocycles.